The SMILES string of the molecule is O=C(Nc1cc(Oc2ccc([N+](=O)[O-])cc2F)ccn1)Oc1ccccc1. The topological polar surface area (TPSA) is 104 Å². The molecule has 0 unspecified atom stereocenters. The number of amides is 1. The van der Waals surface area contributed by atoms with Crippen LogP contribution in [0.3, 0.4) is 0 Å². The van der Waals surface area contributed by atoms with Crippen molar-refractivity contribution >= 4 is 17.6 Å². The van der Waals surface area contributed by atoms with Crippen LogP contribution >= 0.6 is 0 Å². The van der Waals surface area contributed by atoms with Crippen LogP contribution in [0, 0.1) is 15.9 Å². The predicted octanol–water partition coefficient (Wildman–Crippen LogP) is 4.53. The summed E-state index contributed by atoms with van der Waals surface area (Å²) >= 11 is 0. The number of carbonyl (C=O) groups is 1. The van der Waals surface area contributed by atoms with Crippen molar-refractivity contribution in [2.45, 2.75) is 0 Å². The molecule has 0 spiro atoms. The van der Waals surface area contributed by atoms with E-state index in [0.717, 1.165) is 18.2 Å². The van der Waals surface area contributed by atoms with E-state index in [0.29, 0.717) is 5.75 Å². The first-order valence-electron chi connectivity index (χ1n) is 7.63. The fourth-order valence-corrected chi connectivity index (χ4v) is 2.08. The Morgan fingerprint density at radius 3 is 2.56 bits per heavy atom. The third kappa shape index (κ3) is 4.75. The number of nitro groups is 1. The van der Waals surface area contributed by atoms with Crippen LogP contribution in [0.4, 0.5) is 20.7 Å². The summed E-state index contributed by atoms with van der Waals surface area (Å²) in [6.07, 6.45) is 0.587. The van der Waals surface area contributed by atoms with E-state index in [9.17, 15) is 19.3 Å². The lowest BCUT2D eigenvalue weighted by molar-refractivity contribution is -0.385. The van der Waals surface area contributed by atoms with Crippen molar-refractivity contribution in [1.29, 1.82) is 0 Å². The molecule has 0 saturated carbocycles. The van der Waals surface area contributed by atoms with Gasteiger partial charge in [-0.2, -0.15) is 0 Å². The Labute approximate surface area is 152 Å². The summed E-state index contributed by atoms with van der Waals surface area (Å²) in [5.41, 5.74) is -0.388. The molecule has 0 radical (unpaired) electrons. The summed E-state index contributed by atoms with van der Waals surface area (Å²) in [6.45, 7) is 0. The van der Waals surface area contributed by atoms with Crippen LogP contribution in [0.25, 0.3) is 0 Å². The molecule has 1 N–H and O–H groups in total. The summed E-state index contributed by atoms with van der Waals surface area (Å²) in [5, 5.41) is 13.1. The maximum Gasteiger partial charge on any atom is 0.418 e. The fourth-order valence-electron chi connectivity index (χ4n) is 2.08. The molecule has 0 fully saturated rings. The Balaban J connectivity index is 1.68. The first kappa shape index (κ1) is 17.8. The van der Waals surface area contributed by atoms with Gasteiger partial charge in [0, 0.05) is 18.3 Å². The molecule has 9 heteroatoms. The number of halogens is 1. The molecular weight excluding hydrogens is 357 g/mol. The second-order valence-electron chi connectivity index (χ2n) is 5.18. The number of para-hydroxylation sites is 1. The quantitative estimate of drug-likeness (QED) is 0.523. The van der Waals surface area contributed by atoms with Gasteiger partial charge in [0.2, 0.25) is 0 Å². The van der Waals surface area contributed by atoms with Crippen molar-refractivity contribution in [2.24, 2.45) is 0 Å². The average Bonchev–Trinajstić information content (AvgIpc) is 2.64. The Morgan fingerprint density at radius 2 is 1.85 bits per heavy atom. The highest BCUT2D eigenvalue weighted by molar-refractivity contribution is 5.85. The lowest BCUT2D eigenvalue weighted by atomic mass is 10.3. The van der Waals surface area contributed by atoms with Gasteiger partial charge in [0.15, 0.2) is 11.6 Å². The van der Waals surface area contributed by atoms with Gasteiger partial charge in [-0.05, 0) is 24.3 Å². The number of aromatic nitrogens is 1. The minimum Gasteiger partial charge on any atom is -0.454 e. The highest BCUT2D eigenvalue weighted by Crippen LogP contribution is 2.28. The third-order valence-corrected chi connectivity index (χ3v) is 3.27. The number of nitrogens with one attached hydrogen (secondary N) is 1. The number of benzene rings is 2. The fraction of sp³-hybridized carbons (Fsp3) is 0. The van der Waals surface area contributed by atoms with Crippen LogP contribution in [-0.2, 0) is 0 Å². The van der Waals surface area contributed by atoms with E-state index in [1.165, 1.54) is 18.3 Å². The maximum absolute atomic E-state index is 13.9. The van der Waals surface area contributed by atoms with Gasteiger partial charge < -0.3 is 9.47 Å². The molecule has 0 bridgehead atoms. The molecule has 3 aromatic rings. The van der Waals surface area contributed by atoms with Crippen LogP contribution in [0.15, 0.2) is 66.9 Å². The first-order valence-corrected chi connectivity index (χ1v) is 7.63. The van der Waals surface area contributed by atoms with Crippen molar-refractivity contribution in [1.82, 2.24) is 4.98 Å². The molecule has 0 aliphatic heterocycles. The van der Waals surface area contributed by atoms with E-state index in [4.69, 9.17) is 9.47 Å². The molecule has 1 aromatic heterocycles. The van der Waals surface area contributed by atoms with Gasteiger partial charge in [0.1, 0.15) is 17.3 Å². The van der Waals surface area contributed by atoms with Gasteiger partial charge >= 0.3 is 6.09 Å². The zero-order valence-corrected chi connectivity index (χ0v) is 13.7. The molecular formula is C18H12FN3O5. The molecule has 0 aliphatic rings. The lowest BCUT2D eigenvalue weighted by Crippen LogP contribution is -2.17. The van der Waals surface area contributed by atoms with Crippen LogP contribution in [0.5, 0.6) is 17.2 Å². The number of non-ortho nitro benzene ring substituents is 1. The Morgan fingerprint density at radius 1 is 1.07 bits per heavy atom. The second kappa shape index (κ2) is 7.91. The molecule has 136 valence electrons. The van der Waals surface area contributed by atoms with Crippen LogP contribution in [-0.4, -0.2) is 16.0 Å². The standard InChI is InChI=1S/C18H12FN3O5/c19-15-10-12(22(24)25)6-7-16(15)26-14-8-9-20-17(11-14)21-18(23)27-13-4-2-1-3-5-13/h1-11H,(H,20,21,23). The van der Waals surface area contributed by atoms with Crippen LogP contribution < -0.4 is 14.8 Å². The van der Waals surface area contributed by atoms with Crippen molar-refractivity contribution in [3.05, 3.63) is 82.8 Å². The van der Waals surface area contributed by atoms with Crippen LogP contribution in [0.2, 0.25) is 0 Å². The van der Waals surface area contributed by atoms with Crippen molar-refractivity contribution < 1.29 is 23.6 Å². The van der Waals surface area contributed by atoms with Crippen LogP contribution in [0.1, 0.15) is 0 Å². The van der Waals surface area contributed by atoms with E-state index in [1.807, 2.05) is 0 Å². The van der Waals surface area contributed by atoms with E-state index < -0.39 is 16.8 Å². The van der Waals surface area contributed by atoms with E-state index in [-0.39, 0.29) is 23.0 Å². The van der Waals surface area contributed by atoms with E-state index in [1.54, 1.807) is 30.3 Å². The molecule has 3 rings (SSSR count). The summed E-state index contributed by atoms with van der Waals surface area (Å²) in [5.74, 6) is -0.442. The van der Waals surface area contributed by atoms with Crippen molar-refractivity contribution in [2.75, 3.05) is 5.32 Å². The number of hydrogen-bond donors (Lipinski definition) is 1. The highest BCUT2D eigenvalue weighted by Gasteiger charge is 2.13. The maximum atomic E-state index is 13.9. The third-order valence-electron chi connectivity index (χ3n) is 3.27. The second-order valence-corrected chi connectivity index (χ2v) is 5.18. The minimum atomic E-state index is -0.890. The van der Waals surface area contributed by atoms with Gasteiger partial charge in [-0.1, -0.05) is 18.2 Å². The molecule has 2 aromatic carbocycles. The lowest BCUT2D eigenvalue weighted by Gasteiger charge is -2.09. The monoisotopic (exact) mass is 369 g/mol. The zero-order chi connectivity index (χ0) is 19.2. The van der Waals surface area contributed by atoms with Gasteiger partial charge in [0.25, 0.3) is 5.69 Å². The number of anilines is 1. The van der Waals surface area contributed by atoms with E-state index in [2.05, 4.69) is 10.3 Å². The number of rotatable bonds is 5. The number of carbonyl (C=O) groups excluding carboxylic acids is 1. The molecule has 27 heavy (non-hydrogen) atoms. The number of hydrogen-bond acceptors (Lipinski definition) is 6. The van der Waals surface area contributed by atoms with Gasteiger partial charge in [0.05, 0.1) is 11.0 Å². The molecule has 0 saturated heterocycles. The summed E-state index contributed by atoms with van der Waals surface area (Å²) in [4.78, 5) is 25.7. The normalized spacial score (nSPS) is 10.1. The summed E-state index contributed by atoms with van der Waals surface area (Å²) < 4.78 is 24.3. The summed E-state index contributed by atoms with van der Waals surface area (Å²) in [6, 6.07) is 14.3. The van der Waals surface area contributed by atoms with Crippen molar-refractivity contribution in [3.8, 4) is 17.2 Å². The van der Waals surface area contributed by atoms with Crippen molar-refractivity contribution in [3.63, 3.8) is 0 Å². The predicted molar refractivity (Wildman–Crippen MR) is 93.5 cm³/mol. The number of nitrogens with zero attached hydrogens (tertiary/aromatic N) is 2. The highest BCUT2D eigenvalue weighted by atomic mass is 19.1. The molecule has 0 aliphatic carbocycles. The Kier molecular flexibility index (Phi) is 5.22. The Bertz CT molecular complexity index is 982. The van der Waals surface area contributed by atoms with Gasteiger partial charge in [-0.25, -0.2) is 14.2 Å². The molecule has 1 heterocycles. The first-order chi connectivity index (χ1) is 13.0. The average molecular weight is 369 g/mol. The van der Waals surface area contributed by atoms with Gasteiger partial charge in [-0.3, -0.25) is 15.4 Å². The molecule has 8 nitrogen and oxygen atoms in total. The molecule has 1 amide bonds. The smallest absolute Gasteiger partial charge is 0.418 e. The Hall–Kier alpha value is -4.01. The number of ether oxygens (including phenoxy) is 2. The molecule has 0 atom stereocenters. The largest absolute Gasteiger partial charge is 0.454 e. The number of nitro benzene ring substituents is 1. The van der Waals surface area contributed by atoms with Gasteiger partial charge in [-0.15, -0.1) is 0 Å². The summed E-state index contributed by atoms with van der Waals surface area (Å²) in [7, 11) is 0. The zero-order valence-electron chi connectivity index (χ0n) is 13.7. The minimum absolute atomic E-state index is 0.121. The number of pyridine rings is 1. The van der Waals surface area contributed by atoms with E-state index >= 15 is 0 Å².